The number of aromatic hydroxyl groups is 1. The second kappa shape index (κ2) is 10.8. The normalized spacial score (nSPS) is 15.6. The molecule has 182 valence electrons. The number of halogens is 2. The van der Waals surface area contributed by atoms with Gasteiger partial charge in [-0.15, -0.1) is 0 Å². The Morgan fingerprint density at radius 1 is 1.20 bits per heavy atom. The Hall–Kier alpha value is -2.19. The summed E-state index contributed by atoms with van der Waals surface area (Å²) in [4.78, 5) is 31.7. The van der Waals surface area contributed by atoms with E-state index in [-0.39, 0.29) is 17.9 Å². The van der Waals surface area contributed by atoms with Gasteiger partial charge in [-0.05, 0) is 102 Å². The topological polar surface area (TPSA) is 90.1 Å². The monoisotopic (exact) mass is 716 g/mol. The Balaban J connectivity index is 1.94. The highest BCUT2D eigenvalue weighted by Gasteiger charge is 2.33. The van der Waals surface area contributed by atoms with Crippen LogP contribution in [0.5, 0.6) is 11.5 Å². The molecule has 10 heteroatoms. The number of ether oxygens (including phenoxy) is 2. The molecule has 3 aromatic rings. The summed E-state index contributed by atoms with van der Waals surface area (Å²) in [5, 5.41) is 10.5. The molecule has 0 fully saturated rings. The molecule has 7 nitrogen and oxygen atoms in total. The first-order valence-corrected chi connectivity index (χ1v) is 13.8. The number of rotatable bonds is 6. The second-order valence-electron chi connectivity index (χ2n) is 7.63. The summed E-state index contributed by atoms with van der Waals surface area (Å²) in [6, 6.07) is 10.3. The summed E-state index contributed by atoms with van der Waals surface area (Å²) < 4.78 is 14.5. The number of phenolic OH excluding ortho intramolecular Hbond substituents is 1. The Morgan fingerprint density at radius 2 is 1.91 bits per heavy atom. The van der Waals surface area contributed by atoms with Crippen molar-refractivity contribution in [3.8, 4) is 11.5 Å². The third-order valence-corrected chi connectivity index (χ3v) is 7.80. The predicted molar refractivity (Wildman–Crippen MR) is 152 cm³/mol. The molecule has 0 amide bonds. The van der Waals surface area contributed by atoms with Crippen LogP contribution in [0.25, 0.3) is 6.08 Å². The minimum absolute atomic E-state index is 0.114. The van der Waals surface area contributed by atoms with E-state index in [0.29, 0.717) is 42.1 Å². The number of phenols is 1. The minimum atomic E-state index is -0.701. The smallest absolute Gasteiger partial charge is 0.338 e. The molecule has 2 heterocycles. The van der Waals surface area contributed by atoms with Gasteiger partial charge in [0.2, 0.25) is 0 Å². The summed E-state index contributed by atoms with van der Waals surface area (Å²) in [5.41, 5.74) is 1.81. The Kier molecular flexibility index (Phi) is 8.01. The van der Waals surface area contributed by atoms with Crippen LogP contribution in [-0.4, -0.2) is 28.9 Å². The number of esters is 1. The molecule has 0 unspecified atom stereocenters. The van der Waals surface area contributed by atoms with Crippen molar-refractivity contribution in [3.63, 3.8) is 0 Å². The molecule has 0 saturated heterocycles. The van der Waals surface area contributed by atoms with Gasteiger partial charge in [-0.1, -0.05) is 23.5 Å². The van der Waals surface area contributed by atoms with E-state index in [9.17, 15) is 14.7 Å². The summed E-state index contributed by atoms with van der Waals surface area (Å²) >= 11 is 5.45. The van der Waals surface area contributed by atoms with Crippen molar-refractivity contribution < 1.29 is 19.4 Å². The van der Waals surface area contributed by atoms with Crippen molar-refractivity contribution in [2.75, 3.05) is 13.2 Å². The van der Waals surface area contributed by atoms with Crippen molar-refractivity contribution in [1.29, 1.82) is 0 Å². The van der Waals surface area contributed by atoms with Crippen LogP contribution < -0.4 is 19.6 Å². The first-order chi connectivity index (χ1) is 16.7. The first kappa shape index (κ1) is 25.9. The van der Waals surface area contributed by atoms with Crippen LogP contribution in [0.15, 0.2) is 57.5 Å². The van der Waals surface area contributed by atoms with Crippen molar-refractivity contribution in [3.05, 3.63) is 85.6 Å². The lowest BCUT2D eigenvalue weighted by atomic mass is 9.96. The standard InChI is InChI=1S/C25H22I2N2O5S/c1-4-33-17-8-6-14(7-9-17)21-20(24(32)34-5-2)13(3)28-25-29(21)23(31)19(35-25)11-15-10-16(26)12-18(27)22(15)30/h6-12,21,30H,4-5H2,1-3H3/b19-11-/t21-/m0/s1. The van der Waals surface area contributed by atoms with E-state index in [0.717, 1.165) is 9.13 Å². The lowest BCUT2D eigenvalue weighted by Gasteiger charge is -2.24. The number of hydrogen-bond acceptors (Lipinski definition) is 7. The van der Waals surface area contributed by atoms with E-state index in [4.69, 9.17) is 9.47 Å². The Morgan fingerprint density at radius 3 is 2.57 bits per heavy atom. The fourth-order valence-electron chi connectivity index (χ4n) is 3.86. The maximum absolute atomic E-state index is 13.7. The molecule has 1 aliphatic heterocycles. The Bertz CT molecular complexity index is 1510. The van der Waals surface area contributed by atoms with Gasteiger partial charge in [0.1, 0.15) is 11.5 Å². The molecule has 35 heavy (non-hydrogen) atoms. The third kappa shape index (κ3) is 5.19. The zero-order valence-electron chi connectivity index (χ0n) is 19.2. The van der Waals surface area contributed by atoms with Crippen molar-refractivity contribution in [1.82, 2.24) is 4.57 Å². The van der Waals surface area contributed by atoms with E-state index in [1.165, 1.54) is 15.9 Å². The van der Waals surface area contributed by atoms with Crippen LogP contribution in [0.3, 0.4) is 0 Å². The number of thiazole rings is 1. The van der Waals surface area contributed by atoms with Gasteiger partial charge < -0.3 is 14.6 Å². The number of allylic oxidation sites excluding steroid dienone is 1. The molecule has 1 aromatic heterocycles. The SMILES string of the molecule is CCOC(=O)C1=C(C)N=c2s/c(=C\c3cc(I)cc(I)c3O)c(=O)n2[C@H]1c1ccc(OCC)cc1. The van der Waals surface area contributed by atoms with Gasteiger partial charge in [0.05, 0.1) is 38.6 Å². The highest BCUT2D eigenvalue weighted by Crippen LogP contribution is 2.32. The number of carbonyl (C=O) groups excluding carboxylic acids is 1. The average molecular weight is 716 g/mol. The number of hydrogen-bond donors (Lipinski definition) is 1. The van der Waals surface area contributed by atoms with E-state index in [1.54, 1.807) is 19.9 Å². The molecule has 0 spiro atoms. The third-order valence-electron chi connectivity index (χ3n) is 5.37. The van der Waals surface area contributed by atoms with Crippen LogP contribution in [0, 0.1) is 7.14 Å². The highest BCUT2D eigenvalue weighted by molar-refractivity contribution is 14.1. The summed E-state index contributed by atoms with van der Waals surface area (Å²) in [6.07, 6.45) is 1.67. The van der Waals surface area contributed by atoms with E-state index in [1.807, 2.05) is 43.3 Å². The van der Waals surface area contributed by atoms with Gasteiger partial charge in [0.25, 0.3) is 5.56 Å². The first-order valence-electron chi connectivity index (χ1n) is 10.9. The molecule has 0 aliphatic carbocycles. The van der Waals surface area contributed by atoms with Crippen LogP contribution in [0.2, 0.25) is 0 Å². The zero-order valence-corrected chi connectivity index (χ0v) is 24.3. The molecular formula is C25H22I2N2O5S. The van der Waals surface area contributed by atoms with Crippen molar-refractivity contribution in [2.24, 2.45) is 4.99 Å². The lowest BCUT2D eigenvalue weighted by molar-refractivity contribution is -0.139. The quantitative estimate of drug-likeness (QED) is 0.307. The van der Waals surface area contributed by atoms with Gasteiger partial charge in [-0.3, -0.25) is 9.36 Å². The fraction of sp³-hybridized carbons (Fsp3) is 0.240. The van der Waals surface area contributed by atoms with Gasteiger partial charge >= 0.3 is 5.97 Å². The van der Waals surface area contributed by atoms with Gasteiger partial charge in [-0.25, -0.2) is 9.79 Å². The zero-order chi connectivity index (χ0) is 25.3. The van der Waals surface area contributed by atoms with Crippen molar-refractivity contribution in [2.45, 2.75) is 26.8 Å². The van der Waals surface area contributed by atoms with Crippen LogP contribution >= 0.6 is 56.5 Å². The molecule has 4 rings (SSSR count). The molecule has 1 atom stereocenters. The van der Waals surface area contributed by atoms with E-state index in [2.05, 4.69) is 50.2 Å². The van der Waals surface area contributed by atoms with E-state index < -0.39 is 12.0 Å². The highest BCUT2D eigenvalue weighted by atomic mass is 127. The van der Waals surface area contributed by atoms with Crippen molar-refractivity contribution >= 4 is 68.6 Å². The molecular weight excluding hydrogens is 694 g/mol. The van der Waals surface area contributed by atoms with Gasteiger partial charge in [-0.2, -0.15) is 0 Å². The summed E-state index contributed by atoms with van der Waals surface area (Å²) in [7, 11) is 0. The van der Waals surface area contributed by atoms with E-state index >= 15 is 0 Å². The molecule has 0 bridgehead atoms. The van der Waals surface area contributed by atoms with Gasteiger partial charge in [0, 0.05) is 9.13 Å². The summed E-state index contributed by atoms with van der Waals surface area (Å²) in [5.74, 6) is 0.306. The van der Waals surface area contributed by atoms with Crippen LogP contribution in [0.1, 0.15) is 37.9 Å². The molecule has 0 radical (unpaired) electrons. The number of carbonyl (C=O) groups is 1. The molecule has 2 aromatic carbocycles. The largest absolute Gasteiger partial charge is 0.506 e. The number of aromatic nitrogens is 1. The maximum Gasteiger partial charge on any atom is 0.338 e. The number of benzene rings is 2. The average Bonchev–Trinajstić information content (AvgIpc) is 3.11. The summed E-state index contributed by atoms with van der Waals surface area (Å²) in [6.45, 7) is 6.14. The number of nitrogens with zero attached hydrogens (tertiary/aromatic N) is 2. The maximum atomic E-state index is 13.7. The number of fused-ring (bicyclic) bond motifs is 1. The fourth-order valence-corrected chi connectivity index (χ4v) is 6.78. The van der Waals surface area contributed by atoms with Crippen LogP contribution in [-0.2, 0) is 9.53 Å². The second-order valence-corrected chi connectivity index (χ2v) is 11.0. The molecule has 1 aliphatic rings. The lowest BCUT2D eigenvalue weighted by Crippen LogP contribution is -2.39. The predicted octanol–water partition coefficient (Wildman–Crippen LogP) is 4.11. The minimum Gasteiger partial charge on any atom is -0.506 e. The molecule has 0 saturated carbocycles. The molecule has 1 N–H and O–H groups in total. The van der Waals surface area contributed by atoms with Crippen LogP contribution in [0.4, 0.5) is 0 Å². The Labute approximate surface area is 233 Å². The van der Waals surface area contributed by atoms with Gasteiger partial charge in [0.15, 0.2) is 4.80 Å².